The lowest BCUT2D eigenvalue weighted by molar-refractivity contribution is -0.717. The third-order valence-electron chi connectivity index (χ3n) is 4.06. The molecule has 1 unspecified atom stereocenters. The summed E-state index contributed by atoms with van der Waals surface area (Å²) < 4.78 is 0. The normalized spacial score (nSPS) is 16.5. The highest BCUT2D eigenvalue weighted by atomic mass is 17.1. The van der Waals surface area contributed by atoms with Gasteiger partial charge in [0.1, 0.15) is 5.72 Å². The molecular weight excluding hydrogens is 352 g/mol. The van der Waals surface area contributed by atoms with Crippen LogP contribution in [0.25, 0.3) is 0 Å². The van der Waals surface area contributed by atoms with E-state index >= 15 is 0 Å². The maximum absolute atomic E-state index is 11.0. The number of carbonyl (C=O) groups is 2. The third kappa shape index (κ3) is 7.64. The number of carboxylic acid groups (broad SMARTS) is 2. The predicted octanol–water partition coefficient (Wildman–Crippen LogP) is -5.18. The van der Waals surface area contributed by atoms with E-state index in [0.717, 1.165) is 0 Å². The molecule has 11 nitrogen and oxygen atoms in total. The van der Waals surface area contributed by atoms with E-state index in [9.17, 15) is 35.4 Å². The number of aliphatic carboxylic acids is 2. The summed E-state index contributed by atoms with van der Waals surface area (Å²) in [6.07, 6.45) is -0.927. The lowest BCUT2D eigenvalue weighted by Crippen LogP contribution is -2.50. The minimum atomic E-state index is -1.31. The summed E-state index contributed by atoms with van der Waals surface area (Å²) in [6.45, 7) is 3.07. The van der Waals surface area contributed by atoms with Crippen molar-refractivity contribution in [3.63, 3.8) is 0 Å². The van der Waals surface area contributed by atoms with Crippen molar-refractivity contribution in [2.45, 2.75) is 37.5 Å². The fourth-order valence-electron chi connectivity index (χ4n) is 2.58. The minimum Gasteiger partial charge on any atom is -0.722 e. The Balaban J connectivity index is 2.65. The largest absolute Gasteiger partial charge is 0.722 e. The minimum absolute atomic E-state index is 0.0216. The van der Waals surface area contributed by atoms with Gasteiger partial charge in [0.15, 0.2) is 0 Å². The molecule has 1 aliphatic rings. The van der Waals surface area contributed by atoms with Crippen LogP contribution in [-0.4, -0.2) is 71.4 Å². The number of hydrogen-bond donors (Lipinski definition) is 1. The molecule has 1 aliphatic carbocycles. The Bertz CT molecular complexity index is 478. The number of carboxylic acids is 2. The van der Waals surface area contributed by atoms with Crippen LogP contribution in [-0.2, 0) is 19.4 Å². The van der Waals surface area contributed by atoms with Gasteiger partial charge in [0.25, 0.3) is 0 Å². The molecule has 0 amide bonds. The Labute approximate surface area is 150 Å². The van der Waals surface area contributed by atoms with Crippen molar-refractivity contribution in [2.75, 3.05) is 32.7 Å². The van der Waals surface area contributed by atoms with Gasteiger partial charge in [-0.05, 0) is 25.7 Å². The molecule has 150 valence electrons. The number of nitrogens with zero attached hydrogens (tertiary/aromatic N) is 2. The van der Waals surface area contributed by atoms with Gasteiger partial charge in [0, 0.05) is 38.1 Å². The fraction of sp³-hybridized carbons (Fsp3) is 0.733. The number of aliphatic hydroxyl groups excluding tert-OH is 1. The van der Waals surface area contributed by atoms with Crippen molar-refractivity contribution >= 4 is 11.9 Å². The standard InChI is InChI=1S/C15H26N2O9/c1-11(25-23)8-17(15(26-24)4-5-15)10-12(18)9-16(6-2-13(19)20)7-3-14(21)22/h12,18,23-24H,1-10H2,(H,19,20)(H,21,22)/p-4. The molecule has 11 heteroatoms. The summed E-state index contributed by atoms with van der Waals surface area (Å²) in [5, 5.41) is 52.9. The zero-order valence-corrected chi connectivity index (χ0v) is 14.3. The molecular formula is C15H22N2O9-4. The number of hydrogen-bond acceptors (Lipinski definition) is 11. The van der Waals surface area contributed by atoms with Crippen molar-refractivity contribution in [1.82, 2.24) is 9.80 Å². The van der Waals surface area contributed by atoms with Gasteiger partial charge < -0.3 is 45.2 Å². The molecule has 0 spiro atoms. The van der Waals surface area contributed by atoms with Gasteiger partial charge in [-0.2, -0.15) is 0 Å². The van der Waals surface area contributed by atoms with E-state index in [4.69, 9.17) is 0 Å². The highest BCUT2D eigenvalue weighted by Crippen LogP contribution is 2.41. The van der Waals surface area contributed by atoms with E-state index in [0.29, 0.717) is 12.8 Å². The first-order chi connectivity index (χ1) is 12.2. The van der Waals surface area contributed by atoms with E-state index in [2.05, 4.69) is 16.4 Å². The van der Waals surface area contributed by atoms with Crippen LogP contribution in [0.5, 0.6) is 0 Å². The SMILES string of the molecule is C=C(CN(CC(O)CN(CCC(=O)[O-])CCC(=O)[O-])C1(O[O-])CC1)O[O-]. The molecule has 1 fully saturated rings. The van der Waals surface area contributed by atoms with E-state index in [-0.39, 0.29) is 51.3 Å². The summed E-state index contributed by atoms with van der Waals surface area (Å²) in [4.78, 5) is 32.0. The maximum atomic E-state index is 11.0. The van der Waals surface area contributed by atoms with Gasteiger partial charge in [0.05, 0.1) is 18.4 Å². The van der Waals surface area contributed by atoms with Gasteiger partial charge in [0.2, 0.25) is 0 Å². The molecule has 0 aromatic rings. The van der Waals surface area contributed by atoms with E-state index in [1.807, 2.05) is 0 Å². The highest BCUT2D eigenvalue weighted by Gasteiger charge is 2.47. The Morgan fingerprint density at radius 1 is 1.12 bits per heavy atom. The Kier molecular flexibility index (Phi) is 8.92. The average Bonchev–Trinajstić information content (AvgIpc) is 3.37. The lowest BCUT2D eigenvalue weighted by Gasteiger charge is -2.37. The molecule has 1 saturated carbocycles. The molecule has 0 aromatic heterocycles. The molecule has 0 aliphatic heterocycles. The van der Waals surface area contributed by atoms with Gasteiger partial charge in [-0.1, -0.05) is 6.58 Å². The molecule has 0 saturated heterocycles. The molecule has 0 radical (unpaired) electrons. The van der Waals surface area contributed by atoms with Gasteiger partial charge in [-0.15, -0.1) is 0 Å². The second-order valence-electron chi connectivity index (χ2n) is 6.23. The van der Waals surface area contributed by atoms with Crippen LogP contribution in [0.1, 0.15) is 25.7 Å². The van der Waals surface area contributed by atoms with Crippen LogP contribution < -0.4 is 20.7 Å². The van der Waals surface area contributed by atoms with Crippen molar-refractivity contribution in [3.05, 3.63) is 12.3 Å². The molecule has 1 rings (SSSR count). The Hall–Kier alpha value is -1.76. The van der Waals surface area contributed by atoms with Crippen molar-refractivity contribution in [1.29, 1.82) is 0 Å². The van der Waals surface area contributed by atoms with Gasteiger partial charge >= 0.3 is 0 Å². The van der Waals surface area contributed by atoms with Crippen LogP contribution in [0.15, 0.2) is 12.3 Å². The zero-order chi connectivity index (χ0) is 19.7. The van der Waals surface area contributed by atoms with Gasteiger partial charge in [-0.3, -0.25) is 9.80 Å². The molecule has 26 heavy (non-hydrogen) atoms. The topological polar surface area (TPSA) is 172 Å². The molecule has 1 N–H and O–H groups in total. The van der Waals surface area contributed by atoms with Crippen molar-refractivity contribution in [3.8, 4) is 0 Å². The molecule has 0 aromatic carbocycles. The maximum Gasteiger partial charge on any atom is 0.111 e. The predicted molar refractivity (Wildman–Crippen MR) is 76.5 cm³/mol. The summed E-state index contributed by atoms with van der Waals surface area (Å²) in [5.41, 5.74) is -1.15. The summed E-state index contributed by atoms with van der Waals surface area (Å²) in [5.74, 6) is -2.77. The van der Waals surface area contributed by atoms with E-state index in [1.54, 1.807) is 0 Å². The van der Waals surface area contributed by atoms with Crippen molar-refractivity contribution in [2.24, 2.45) is 0 Å². The molecule has 0 heterocycles. The monoisotopic (exact) mass is 374 g/mol. The second-order valence-corrected chi connectivity index (χ2v) is 6.23. The van der Waals surface area contributed by atoms with E-state index in [1.165, 1.54) is 9.80 Å². The number of rotatable bonds is 15. The third-order valence-corrected chi connectivity index (χ3v) is 4.06. The lowest BCUT2D eigenvalue weighted by atomic mass is 10.2. The van der Waals surface area contributed by atoms with Crippen LogP contribution in [0, 0.1) is 0 Å². The quantitative estimate of drug-likeness (QED) is 0.126. The van der Waals surface area contributed by atoms with Crippen LogP contribution in [0.2, 0.25) is 0 Å². The summed E-state index contributed by atoms with van der Waals surface area (Å²) in [7, 11) is 0. The summed E-state index contributed by atoms with van der Waals surface area (Å²) >= 11 is 0. The molecule has 0 bridgehead atoms. The average molecular weight is 374 g/mol. The summed E-state index contributed by atoms with van der Waals surface area (Å²) in [6, 6.07) is 0. The van der Waals surface area contributed by atoms with Crippen LogP contribution >= 0.6 is 0 Å². The second kappa shape index (κ2) is 10.4. The smallest absolute Gasteiger partial charge is 0.111 e. The van der Waals surface area contributed by atoms with E-state index < -0.39 is 23.8 Å². The van der Waals surface area contributed by atoms with Crippen LogP contribution in [0.4, 0.5) is 0 Å². The Morgan fingerprint density at radius 3 is 2.04 bits per heavy atom. The first kappa shape index (κ1) is 22.3. The first-order valence-corrected chi connectivity index (χ1v) is 8.06. The first-order valence-electron chi connectivity index (χ1n) is 8.06. The van der Waals surface area contributed by atoms with Gasteiger partial charge in [-0.25, -0.2) is 0 Å². The number of carbonyl (C=O) groups excluding carboxylic acids is 2. The zero-order valence-electron chi connectivity index (χ0n) is 14.3. The fourth-order valence-corrected chi connectivity index (χ4v) is 2.58. The molecule has 1 atom stereocenters. The number of aliphatic hydroxyl groups is 1. The van der Waals surface area contributed by atoms with Crippen LogP contribution in [0.3, 0.4) is 0 Å². The highest BCUT2D eigenvalue weighted by molar-refractivity contribution is 5.65. The van der Waals surface area contributed by atoms with Crippen molar-refractivity contribution < 1.29 is 45.2 Å². The Morgan fingerprint density at radius 2 is 1.65 bits per heavy atom.